The fraction of sp³-hybridized carbons (Fsp3) is 0.588. The van der Waals surface area contributed by atoms with E-state index in [1.165, 1.54) is 5.56 Å². The van der Waals surface area contributed by atoms with Crippen molar-refractivity contribution in [3.63, 3.8) is 0 Å². The summed E-state index contributed by atoms with van der Waals surface area (Å²) < 4.78 is 0. The Labute approximate surface area is 121 Å². The maximum Gasteiger partial charge on any atom is 0.244 e. The van der Waals surface area contributed by atoms with Crippen molar-refractivity contribution in [2.45, 2.75) is 57.8 Å². The van der Waals surface area contributed by atoms with Gasteiger partial charge in [0.25, 0.3) is 0 Å². The molecule has 1 amide bonds. The Hall–Kier alpha value is -1.35. The summed E-state index contributed by atoms with van der Waals surface area (Å²) in [5, 5.41) is 3.59. The molecule has 3 rings (SSSR count). The van der Waals surface area contributed by atoms with Gasteiger partial charge in [0.1, 0.15) is 11.7 Å². The van der Waals surface area contributed by atoms with Gasteiger partial charge in [-0.2, -0.15) is 0 Å². The van der Waals surface area contributed by atoms with Crippen LogP contribution in [-0.4, -0.2) is 22.4 Å². The molecule has 2 unspecified atom stereocenters. The van der Waals surface area contributed by atoms with Crippen LogP contribution in [0.3, 0.4) is 0 Å². The minimum atomic E-state index is -0.244. The molecular weight excluding hydrogens is 248 g/mol. The molecule has 0 bridgehead atoms. The van der Waals surface area contributed by atoms with Crippen LogP contribution in [0.1, 0.15) is 51.8 Å². The summed E-state index contributed by atoms with van der Waals surface area (Å²) in [7, 11) is 0. The van der Waals surface area contributed by atoms with Crippen molar-refractivity contribution in [1.82, 2.24) is 10.2 Å². The smallest absolute Gasteiger partial charge is 0.244 e. The first-order valence-electron chi connectivity index (χ1n) is 7.69. The average Bonchev–Trinajstić information content (AvgIpc) is 3.12. The van der Waals surface area contributed by atoms with Crippen LogP contribution in [0.5, 0.6) is 0 Å². The summed E-state index contributed by atoms with van der Waals surface area (Å²) in [6.45, 7) is 6.61. The summed E-state index contributed by atoms with van der Waals surface area (Å²) in [4.78, 5) is 14.8. The molecule has 3 nitrogen and oxygen atoms in total. The predicted octanol–water partition coefficient (Wildman–Crippen LogP) is 3.08. The Morgan fingerprint density at radius 2 is 1.90 bits per heavy atom. The molecule has 108 valence electrons. The van der Waals surface area contributed by atoms with Gasteiger partial charge in [0.2, 0.25) is 5.91 Å². The Bertz CT molecular complexity index is 493. The van der Waals surface area contributed by atoms with Gasteiger partial charge in [-0.25, -0.2) is 0 Å². The fourth-order valence-corrected chi connectivity index (χ4v) is 3.37. The van der Waals surface area contributed by atoms with Crippen LogP contribution < -0.4 is 5.32 Å². The molecule has 2 aliphatic rings. The molecule has 1 saturated carbocycles. The van der Waals surface area contributed by atoms with Crippen LogP contribution in [-0.2, 0) is 4.79 Å². The lowest BCUT2D eigenvalue weighted by molar-refractivity contribution is -0.133. The first-order chi connectivity index (χ1) is 9.53. The molecular formula is C17H24N2O. The molecule has 1 aliphatic carbocycles. The summed E-state index contributed by atoms with van der Waals surface area (Å²) in [5.41, 5.74) is 0.950. The van der Waals surface area contributed by atoms with Gasteiger partial charge in [-0.3, -0.25) is 10.1 Å². The zero-order valence-corrected chi connectivity index (χ0v) is 12.6. The SMILES string of the molecule is CC(C)CC(C)N1C(=O)C2(CC2)NC1c1ccccc1. The third-order valence-corrected chi connectivity index (χ3v) is 4.49. The van der Waals surface area contributed by atoms with Crippen molar-refractivity contribution in [3.8, 4) is 0 Å². The number of carbonyl (C=O) groups excluding carboxylic acids is 1. The second-order valence-electron chi connectivity index (χ2n) is 6.73. The lowest BCUT2D eigenvalue weighted by atomic mass is 10.0. The molecule has 1 heterocycles. The van der Waals surface area contributed by atoms with E-state index in [0.717, 1.165) is 19.3 Å². The molecule has 1 aromatic carbocycles. The van der Waals surface area contributed by atoms with Gasteiger partial charge in [-0.05, 0) is 37.7 Å². The molecule has 20 heavy (non-hydrogen) atoms. The third kappa shape index (κ3) is 2.24. The Morgan fingerprint density at radius 3 is 2.45 bits per heavy atom. The first kappa shape index (κ1) is 13.6. The van der Waals surface area contributed by atoms with E-state index < -0.39 is 0 Å². The molecule has 1 spiro atoms. The van der Waals surface area contributed by atoms with Crippen molar-refractivity contribution in [2.75, 3.05) is 0 Å². The van der Waals surface area contributed by atoms with Gasteiger partial charge < -0.3 is 4.90 Å². The van der Waals surface area contributed by atoms with Crippen LogP contribution in [0.15, 0.2) is 30.3 Å². The Kier molecular flexibility index (Phi) is 3.33. The van der Waals surface area contributed by atoms with E-state index in [1.807, 2.05) is 18.2 Å². The lowest BCUT2D eigenvalue weighted by Gasteiger charge is -2.31. The Morgan fingerprint density at radius 1 is 1.25 bits per heavy atom. The summed E-state index contributed by atoms with van der Waals surface area (Å²) in [6.07, 6.45) is 3.06. The average molecular weight is 272 g/mol. The quantitative estimate of drug-likeness (QED) is 0.913. The van der Waals surface area contributed by atoms with Crippen molar-refractivity contribution < 1.29 is 4.79 Å². The second kappa shape index (κ2) is 4.88. The van der Waals surface area contributed by atoms with Gasteiger partial charge >= 0.3 is 0 Å². The number of amides is 1. The van der Waals surface area contributed by atoms with Crippen LogP contribution in [0.4, 0.5) is 0 Å². The van der Waals surface area contributed by atoms with E-state index in [0.29, 0.717) is 11.8 Å². The minimum absolute atomic E-state index is 0.0416. The summed E-state index contributed by atoms with van der Waals surface area (Å²) >= 11 is 0. The molecule has 1 N–H and O–H groups in total. The number of benzene rings is 1. The number of nitrogens with one attached hydrogen (secondary N) is 1. The van der Waals surface area contributed by atoms with Gasteiger partial charge in [-0.1, -0.05) is 44.2 Å². The minimum Gasteiger partial charge on any atom is -0.319 e. The largest absolute Gasteiger partial charge is 0.319 e. The highest BCUT2D eigenvalue weighted by molar-refractivity contribution is 5.92. The first-order valence-corrected chi connectivity index (χ1v) is 7.69. The monoisotopic (exact) mass is 272 g/mol. The van der Waals surface area contributed by atoms with Crippen molar-refractivity contribution in [1.29, 1.82) is 0 Å². The maximum atomic E-state index is 12.8. The van der Waals surface area contributed by atoms with E-state index in [-0.39, 0.29) is 17.7 Å². The van der Waals surface area contributed by atoms with E-state index in [1.54, 1.807) is 0 Å². The normalized spacial score (nSPS) is 25.5. The van der Waals surface area contributed by atoms with Gasteiger partial charge in [0, 0.05) is 6.04 Å². The summed E-state index contributed by atoms with van der Waals surface area (Å²) in [6, 6.07) is 10.6. The Balaban J connectivity index is 1.89. The topological polar surface area (TPSA) is 32.3 Å². The number of nitrogens with zero attached hydrogens (tertiary/aromatic N) is 1. The van der Waals surface area contributed by atoms with Crippen LogP contribution in [0.25, 0.3) is 0 Å². The highest BCUT2D eigenvalue weighted by atomic mass is 16.2. The highest BCUT2D eigenvalue weighted by Crippen LogP contribution is 2.47. The maximum absolute atomic E-state index is 12.8. The van der Waals surface area contributed by atoms with Crippen molar-refractivity contribution in [3.05, 3.63) is 35.9 Å². The van der Waals surface area contributed by atoms with Crippen molar-refractivity contribution in [2.24, 2.45) is 5.92 Å². The fourth-order valence-electron chi connectivity index (χ4n) is 3.37. The number of hydrogen-bond acceptors (Lipinski definition) is 2. The third-order valence-electron chi connectivity index (χ3n) is 4.49. The van der Waals surface area contributed by atoms with Gasteiger partial charge in [0.15, 0.2) is 0 Å². The zero-order valence-electron chi connectivity index (χ0n) is 12.6. The van der Waals surface area contributed by atoms with E-state index in [2.05, 4.69) is 43.1 Å². The van der Waals surface area contributed by atoms with Crippen LogP contribution in [0, 0.1) is 5.92 Å². The molecule has 1 aromatic rings. The van der Waals surface area contributed by atoms with Crippen molar-refractivity contribution >= 4 is 5.91 Å². The van der Waals surface area contributed by atoms with Gasteiger partial charge in [0.05, 0.1) is 0 Å². The number of hydrogen-bond donors (Lipinski definition) is 1. The van der Waals surface area contributed by atoms with Crippen LogP contribution in [0.2, 0.25) is 0 Å². The van der Waals surface area contributed by atoms with E-state index >= 15 is 0 Å². The molecule has 1 aliphatic heterocycles. The van der Waals surface area contributed by atoms with Crippen LogP contribution >= 0.6 is 0 Å². The number of carbonyl (C=O) groups is 1. The standard InChI is InChI=1S/C17H24N2O/c1-12(2)11-13(3)19-15(14-7-5-4-6-8-14)18-17(9-10-17)16(19)20/h4-8,12-13,15,18H,9-11H2,1-3H3. The zero-order chi connectivity index (χ0) is 14.3. The molecule has 0 radical (unpaired) electrons. The molecule has 2 fully saturated rings. The second-order valence-corrected chi connectivity index (χ2v) is 6.73. The highest BCUT2D eigenvalue weighted by Gasteiger charge is 2.60. The van der Waals surface area contributed by atoms with E-state index in [4.69, 9.17) is 0 Å². The molecule has 0 aromatic heterocycles. The van der Waals surface area contributed by atoms with Gasteiger partial charge in [-0.15, -0.1) is 0 Å². The molecule has 2 atom stereocenters. The lowest BCUT2D eigenvalue weighted by Crippen LogP contribution is -2.39. The summed E-state index contributed by atoms with van der Waals surface area (Å²) in [5.74, 6) is 0.907. The predicted molar refractivity (Wildman–Crippen MR) is 80.0 cm³/mol. The van der Waals surface area contributed by atoms with E-state index in [9.17, 15) is 4.79 Å². The number of rotatable bonds is 4. The molecule has 1 saturated heterocycles. The molecule has 3 heteroatoms.